The Bertz CT molecular complexity index is 1440. The predicted octanol–water partition coefficient (Wildman–Crippen LogP) is 5.46. The smallest absolute Gasteiger partial charge is 0.326 e. The maximum Gasteiger partial charge on any atom is 0.326 e. The molecule has 1 aromatic heterocycles. The fourth-order valence-corrected chi connectivity index (χ4v) is 4.32. The number of hydrogen-bond acceptors (Lipinski definition) is 7. The van der Waals surface area contributed by atoms with Crippen molar-refractivity contribution >= 4 is 17.3 Å². The molecule has 0 aliphatic carbocycles. The zero-order chi connectivity index (χ0) is 25.9. The Morgan fingerprint density at radius 2 is 1.51 bits per heavy atom. The summed E-state index contributed by atoms with van der Waals surface area (Å²) in [5.74, 6) is 2.81. The zero-order valence-electron chi connectivity index (χ0n) is 20.9. The van der Waals surface area contributed by atoms with Gasteiger partial charge in [0.2, 0.25) is 5.82 Å². The molecule has 1 N–H and O–H groups in total. The summed E-state index contributed by atoms with van der Waals surface area (Å²) in [4.78, 5) is 19.7. The monoisotopic (exact) mass is 498 g/mol. The molecule has 0 bridgehead atoms. The van der Waals surface area contributed by atoms with Crippen LogP contribution in [-0.4, -0.2) is 37.5 Å². The van der Waals surface area contributed by atoms with Gasteiger partial charge in [-0.05, 0) is 61.0 Å². The van der Waals surface area contributed by atoms with Crippen LogP contribution in [-0.2, 0) is 0 Å². The molecular formula is C28H26N4O5. The molecule has 9 heteroatoms. The normalized spacial score (nSPS) is 15.4. The molecule has 2 heterocycles. The first-order chi connectivity index (χ1) is 18.0. The summed E-state index contributed by atoms with van der Waals surface area (Å²) < 4.78 is 21.7. The summed E-state index contributed by atoms with van der Waals surface area (Å²) >= 11 is 0. The van der Waals surface area contributed by atoms with Crippen LogP contribution in [0, 0.1) is 0 Å². The van der Waals surface area contributed by atoms with Crippen LogP contribution in [0.15, 0.2) is 83.0 Å². The number of carbonyl (C=O) groups excluding carboxylic acids is 1. The highest BCUT2D eigenvalue weighted by Gasteiger charge is 2.36. The van der Waals surface area contributed by atoms with Gasteiger partial charge >= 0.3 is 6.03 Å². The van der Waals surface area contributed by atoms with E-state index in [1.807, 2.05) is 67.6 Å². The first-order valence-electron chi connectivity index (χ1n) is 11.6. The number of allylic oxidation sites excluding steroid dienone is 1. The molecule has 0 saturated carbocycles. The Hall–Kier alpha value is -4.79. The minimum atomic E-state index is -0.522. The number of rotatable bonds is 7. The number of nitrogens with one attached hydrogen (secondary N) is 1. The number of ether oxygens (including phenoxy) is 3. The van der Waals surface area contributed by atoms with Crippen molar-refractivity contribution in [3.05, 3.63) is 89.9 Å². The first-order valence-corrected chi connectivity index (χ1v) is 11.6. The number of hydrogen-bond donors (Lipinski definition) is 1. The summed E-state index contributed by atoms with van der Waals surface area (Å²) in [6.45, 7) is 1.87. The topological polar surface area (TPSA) is 99.0 Å². The number of methoxy groups -OCH3 is 3. The van der Waals surface area contributed by atoms with Crippen LogP contribution < -0.4 is 24.4 Å². The van der Waals surface area contributed by atoms with Gasteiger partial charge in [-0.3, -0.25) is 4.90 Å². The Morgan fingerprint density at radius 3 is 2.16 bits per heavy atom. The van der Waals surface area contributed by atoms with Gasteiger partial charge in [-0.2, -0.15) is 4.98 Å². The second-order valence-corrected chi connectivity index (χ2v) is 8.34. The number of carbonyl (C=O) groups is 1. The number of anilines is 1. The highest BCUT2D eigenvalue weighted by molar-refractivity contribution is 6.01. The summed E-state index contributed by atoms with van der Waals surface area (Å²) in [5, 5.41) is 7.33. The molecule has 37 heavy (non-hydrogen) atoms. The number of nitrogens with zero attached hydrogens (tertiary/aromatic N) is 3. The lowest BCUT2D eigenvalue weighted by Gasteiger charge is -2.35. The standard InChI is InChI=1S/C28H26N4O5/c1-17-24(27-30-26(31-37-27)19-6-5-7-23(16-19)36-4)25(18-8-12-21(34-2)13-9-18)29-28(33)32(17)20-10-14-22(35-3)15-11-20/h5-16,25H,1-4H3,(H,29,33). The van der Waals surface area contributed by atoms with Gasteiger partial charge in [0.25, 0.3) is 5.89 Å². The summed E-state index contributed by atoms with van der Waals surface area (Å²) in [7, 11) is 4.81. The van der Waals surface area contributed by atoms with Gasteiger partial charge < -0.3 is 24.1 Å². The summed E-state index contributed by atoms with van der Waals surface area (Å²) in [5.41, 5.74) is 3.62. The molecule has 4 aromatic rings. The second-order valence-electron chi connectivity index (χ2n) is 8.34. The molecule has 188 valence electrons. The Balaban J connectivity index is 1.62. The van der Waals surface area contributed by atoms with Crippen molar-refractivity contribution in [2.75, 3.05) is 26.2 Å². The Kier molecular flexibility index (Phi) is 6.51. The van der Waals surface area contributed by atoms with Gasteiger partial charge in [0.1, 0.15) is 17.2 Å². The lowest BCUT2D eigenvalue weighted by Crippen LogP contribution is -2.46. The molecule has 0 fully saturated rings. The van der Waals surface area contributed by atoms with Crippen LogP contribution in [0.3, 0.4) is 0 Å². The van der Waals surface area contributed by atoms with Crippen LogP contribution in [0.25, 0.3) is 17.0 Å². The van der Waals surface area contributed by atoms with Crippen LogP contribution in [0.5, 0.6) is 17.2 Å². The van der Waals surface area contributed by atoms with Crippen molar-refractivity contribution in [1.29, 1.82) is 0 Å². The van der Waals surface area contributed by atoms with E-state index in [0.717, 1.165) is 11.1 Å². The van der Waals surface area contributed by atoms with E-state index < -0.39 is 6.04 Å². The van der Waals surface area contributed by atoms with E-state index in [-0.39, 0.29) is 6.03 Å². The molecule has 1 aliphatic heterocycles. The van der Waals surface area contributed by atoms with E-state index in [4.69, 9.17) is 23.7 Å². The number of aromatic nitrogens is 2. The highest BCUT2D eigenvalue weighted by Crippen LogP contribution is 2.39. The number of amides is 2. The summed E-state index contributed by atoms with van der Waals surface area (Å²) in [6.07, 6.45) is 0. The first kappa shape index (κ1) is 23.9. The van der Waals surface area contributed by atoms with E-state index in [1.165, 1.54) is 0 Å². The third kappa shape index (κ3) is 4.58. The van der Waals surface area contributed by atoms with E-state index in [0.29, 0.717) is 45.9 Å². The van der Waals surface area contributed by atoms with Crippen molar-refractivity contribution < 1.29 is 23.5 Å². The van der Waals surface area contributed by atoms with Crippen LogP contribution >= 0.6 is 0 Å². The number of benzene rings is 3. The lowest BCUT2D eigenvalue weighted by atomic mass is 9.94. The molecule has 1 unspecified atom stereocenters. The van der Waals surface area contributed by atoms with Crippen LogP contribution in [0.2, 0.25) is 0 Å². The van der Waals surface area contributed by atoms with Crippen molar-refractivity contribution in [3.63, 3.8) is 0 Å². The molecule has 0 spiro atoms. The summed E-state index contributed by atoms with van der Waals surface area (Å²) in [6, 6.07) is 21.4. The number of urea groups is 1. The maximum atomic E-state index is 13.4. The quantitative estimate of drug-likeness (QED) is 0.361. The largest absolute Gasteiger partial charge is 0.497 e. The van der Waals surface area contributed by atoms with E-state index in [2.05, 4.69) is 10.5 Å². The molecule has 5 rings (SSSR count). The zero-order valence-corrected chi connectivity index (χ0v) is 20.9. The fraction of sp³-hybridized carbons (Fsp3) is 0.179. The van der Waals surface area contributed by atoms with Crippen LogP contribution in [0.4, 0.5) is 10.5 Å². The third-order valence-corrected chi connectivity index (χ3v) is 6.25. The molecule has 0 radical (unpaired) electrons. The van der Waals surface area contributed by atoms with Gasteiger partial charge in [0, 0.05) is 11.3 Å². The van der Waals surface area contributed by atoms with Gasteiger partial charge in [-0.15, -0.1) is 0 Å². The lowest BCUT2D eigenvalue weighted by molar-refractivity contribution is 0.244. The fourth-order valence-electron chi connectivity index (χ4n) is 4.32. The van der Waals surface area contributed by atoms with Gasteiger partial charge in [0.15, 0.2) is 0 Å². The molecular weight excluding hydrogens is 472 g/mol. The predicted molar refractivity (Wildman–Crippen MR) is 139 cm³/mol. The maximum absolute atomic E-state index is 13.4. The average molecular weight is 499 g/mol. The van der Waals surface area contributed by atoms with Crippen molar-refractivity contribution in [2.24, 2.45) is 0 Å². The minimum absolute atomic E-state index is 0.278. The molecule has 1 aliphatic rings. The van der Waals surface area contributed by atoms with E-state index >= 15 is 0 Å². The Labute approximate surface area is 214 Å². The molecule has 2 amide bonds. The highest BCUT2D eigenvalue weighted by atomic mass is 16.5. The SMILES string of the molecule is COc1ccc(C2NC(=O)N(c3ccc(OC)cc3)C(C)=C2c2nc(-c3cccc(OC)c3)no2)cc1. The van der Waals surface area contributed by atoms with Crippen LogP contribution in [0.1, 0.15) is 24.4 Å². The van der Waals surface area contributed by atoms with Crippen molar-refractivity contribution in [1.82, 2.24) is 15.5 Å². The van der Waals surface area contributed by atoms with E-state index in [9.17, 15) is 4.79 Å². The van der Waals surface area contributed by atoms with E-state index in [1.54, 1.807) is 38.4 Å². The molecule has 0 saturated heterocycles. The second kappa shape index (κ2) is 10.1. The Morgan fingerprint density at radius 1 is 0.865 bits per heavy atom. The van der Waals surface area contributed by atoms with Gasteiger partial charge in [-0.25, -0.2) is 4.79 Å². The third-order valence-electron chi connectivity index (χ3n) is 6.25. The van der Waals surface area contributed by atoms with Crippen molar-refractivity contribution in [2.45, 2.75) is 13.0 Å². The average Bonchev–Trinajstić information content (AvgIpc) is 3.43. The molecule has 1 atom stereocenters. The molecule has 3 aromatic carbocycles. The van der Waals surface area contributed by atoms with Gasteiger partial charge in [0.05, 0.1) is 38.6 Å². The molecule has 9 nitrogen and oxygen atoms in total. The van der Waals surface area contributed by atoms with Gasteiger partial charge in [-0.1, -0.05) is 29.4 Å². The minimum Gasteiger partial charge on any atom is -0.497 e. The van der Waals surface area contributed by atoms with Crippen molar-refractivity contribution in [3.8, 4) is 28.6 Å².